The smallest absolute Gasteiger partial charge is 0.346 e. The molecule has 8 nitrogen and oxygen atoms in total. The Balaban J connectivity index is 1.51. The van der Waals surface area contributed by atoms with Crippen LogP contribution in [0.4, 0.5) is 0 Å². The van der Waals surface area contributed by atoms with Crippen molar-refractivity contribution >= 4 is 17.9 Å². The Kier molecular flexibility index (Phi) is 7.77. The van der Waals surface area contributed by atoms with Crippen molar-refractivity contribution in [3.05, 3.63) is 11.6 Å². The van der Waals surface area contributed by atoms with Crippen LogP contribution in [0.1, 0.15) is 106 Å². The van der Waals surface area contributed by atoms with Gasteiger partial charge in [0.15, 0.2) is 0 Å². The van der Waals surface area contributed by atoms with Crippen LogP contribution in [0, 0.1) is 50.2 Å². The highest BCUT2D eigenvalue weighted by atomic mass is 16.6. The van der Waals surface area contributed by atoms with Gasteiger partial charge in [-0.05, 0) is 104 Å². The van der Waals surface area contributed by atoms with Crippen LogP contribution in [-0.4, -0.2) is 60.7 Å². The van der Waals surface area contributed by atoms with Crippen molar-refractivity contribution in [2.24, 2.45) is 50.2 Å². The molecule has 10 atom stereocenters. The predicted molar refractivity (Wildman–Crippen MR) is 161 cm³/mol. The second-order valence-electron chi connectivity index (χ2n) is 16.6. The largest absolute Gasteiger partial charge is 0.481 e. The van der Waals surface area contributed by atoms with Gasteiger partial charge < -0.3 is 24.4 Å². The number of carboxylic acid groups (broad SMARTS) is 1. The number of ether oxygens (including phenoxy) is 3. The quantitative estimate of drug-likeness (QED) is 0.225. The van der Waals surface area contributed by atoms with E-state index >= 15 is 0 Å². The number of aliphatic hydroxyl groups excluding tert-OH is 1. The molecule has 0 heterocycles. The van der Waals surface area contributed by atoms with Crippen LogP contribution in [0.2, 0.25) is 0 Å². The first-order valence-electron chi connectivity index (χ1n) is 16.3. The van der Waals surface area contributed by atoms with E-state index in [0.717, 1.165) is 38.5 Å². The molecule has 2 N–H and O–H groups in total. The minimum absolute atomic E-state index is 0.0172. The van der Waals surface area contributed by atoms with E-state index in [2.05, 4.69) is 47.6 Å². The number of rotatable bonds is 5. The summed E-state index contributed by atoms with van der Waals surface area (Å²) in [6.45, 7) is 15.8. The summed E-state index contributed by atoms with van der Waals surface area (Å²) < 4.78 is 16.0. The summed E-state index contributed by atoms with van der Waals surface area (Å²) in [7, 11) is 2.48. The number of hydrogen-bond donors (Lipinski definition) is 2. The summed E-state index contributed by atoms with van der Waals surface area (Å²) in [6.07, 6.45) is 7.43. The highest BCUT2D eigenvalue weighted by Gasteiger charge is 2.70. The maximum absolute atomic E-state index is 12.5. The van der Waals surface area contributed by atoms with Crippen LogP contribution in [0.25, 0.3) is 0 Å². The molecule has 4 saturated carbocycles. The molecular weight excluding hydrogens is 548 g/mol. The summed E-state index contributed by atoms with van der Waals surface area (Å²) in [5.74, 6) is -1.87. The van der Waals surface area contributed by atoms with Gasteiger partial charge in [-0.15, -0.1) is 0 Å². The Morgan fingerprint density at radius 3 is 2.05 bits per heavy atom. The monoisotopic (exact) mass is 602 g/mol. The number of carbonyl (C=O) groups is 3. The molecule has 0 aromatic rings. The van der Waals surface area contributed by atoms with Crippen LogP contribution in [0.5, 0.6) is 0 Å². The van der Waals surface area contributed by atoms with Gasteiger partial charge in [-0.3, -0.25) is 4.79 Å². The molecule has 0 saturated heterocycles. The SMILES string of the molecule is COC(=O)C(O[C@H]1CC[C@]2(C)[C@H]3C(O)C=C4[C@@H]5C[C@@](C)(C(=O)O)CC[C@]5(C)CC[C@@]4(C)[C@]3(C)CC[C@H]2C1(C)C)C(=O)OC. The Hall–Kier alpha value is -1.93. The minimum Gasteiger partial charge on any atom is -0.481 e. The van der Waals surface area contributed by atoms with Crippen molar-refractivity contribution in [1.29, 1.82) is 0 Å². The van der Waals surface area contributed by atoms with E-state index in [4.69, 9.17) is 14.2 Å². The van der Waals surface area contributed by atoms with Crippen molar-refractivity contribution in [3.63, 3.8) is 0 Å². The van der Waals surface area contributed by atoms with Crippen LogP contribution in [0.15, 0.2) is 11.6 Å². The lowest BCUT2D eigenvalue weighted by molar-refractivity contribution is -0.237. The normalized spacial score (nSPS) is 46.8. The van der Waals surface area contributed by atoms with E-state index < -0.39 is 35.5 Å². The molecule has 43 heavy (non-hydrogen) atoms. The maximum atomic E-state index is 12.5. The molecule has 0 aromatic heterocycles. The van der Waals surface area contributed by atoms with Gasteiger partial charge >= 0.3 is 17.9 Å². The van der Waals surface area contributed by atoms with Gasteiger partial charge in [-0.2, -0.15) is 0 Å². The third kappa shape index (κ3) is 4.46. The lowest BCUT2D eigenvalue weighted by Gasteiger charge is -2.72. The summed E-state index contributed by atoms with van der Waals surface area (Å²) in [5, 5.41) is 22.4. The number of methoxy groups -OCH3 is 2. The van der Waals surface area contributed by atoms with Gasteiger partial charge in [0.25, 0.3) is 6.10 Å². The van der Waals surface area contributed by atoms with Crippen molar-refractivity contribution in [1.82, 2.24) is 0 Å². The topological polar surface area (TPSA) is 119 Å². The summed E-state index contributed by atoms with van der Waals surface area (Å²) in [5.41, 5.74) is -0.263. The van der Waals surface area contributed by atoms with Crippen LogP contribution < -0.4 is 0 Å². The summed E-state index contributed by atoms with van der Waals surface area (Å²) >= 11 is 0. The number of aliphatic hydroxyl groups is 1. The van der Waals surface area contributed by atoms with E-state index in [0.29, 0.717) is 19.3 Å². The molecule has 4 fully saturated rings. The highest BCUT2D eigenvalue weighted by Crippen LogP contribution is 2.75. The molecular formula is C35H54O8. The average molecular weight is 603 g/mol. The Morgan fingerprint density at radius 1 is 0.860 bits per heavy atom. The van der Waals surface area contributed by atoms with Gasteiger partial charge in [0.05, 0.1) is 31.8 Å². The van der Waals surface area contributed by atoms with Crippen LogP contribution in [-0.2, 0) is 28.6 Å². The van der Waals surface area contributed by atoms with E-state index in [1.807, 2.05) is 6.92 Å². The third-order valence-electron chi connectivity index (χ3n) is 14.4. The lowest BCUT2D eigenvalue weighted by Crippen LogP contribution is -2.67. The third-order valence-corrected chi connectivity index (χ3v) is 14.4. The van der Waals surface area contributed by atoms with Gasteiger partial charge in [0.2, 0.25) is 0 Å². The van der Waals surface area contributed by atoms with Crippen molar-refractivity contribution in [3.8, 4) is 0 Å². The molecule has 5 aliphatic carbocycles. The zero-order valence-electron chi connectivity index (χ0n) is 27.7. The van der Waals surface area contributed by atoms with Gasteiger partial charge in [-0.25, -0.2) is 9.59 Å². The fourth-order valence-corrected chi connectivity index (χ4v) is 11.5. The molecule has 0 spiro atoms. The number of carboxylic acids is 1. The molecule has 1 unspecified atom stereocenters. The Bertz CT molecular complexity index is 1190. The number of hydrogen-bond acceptors (Lipinski definition) is 7. The molecule has 0 radical (unpaired) electrons. The fraction of sp³-hybridized carbons (Fsp3) is 0.857. The zero-order valence-corrected chi connectivity index (χ0v) is 27.7. The van der Waals surface area contributed by atoms with E-state index in [1.165, 1.54) is 19.8 Å². The molecule has 0 aromatic carbocycles. The molecule has 5 rings (SSSR count). The molecule has 5 aliphatic rings. The first kappa shape index (κ1) is 32.5. The van der Waals surface area contributed by atoms with E-state index in [1.54, 1.807) is 0 Å². The van der Waals surface area contributed by atoms with Gasteiger partial charge in [0, 0.05) is 5.92 Å². The molecule has 242 valence electrons. The molecule has 0 aliphatic heterocycles. The first-order chi connectivity index (χ1) is 19.8. The number of esters is 2. The van der Waals surface area contributed by atoms with Gasteiger partial charge in [0.1, 0.15) is 0 Å². The highest BCUT2D eigenvalue weighted by molar-refractivity contribution is 5.98. The molecule has 0 amide bonds. The first-order valence-corrected chi connectivity index (χ1v) is 16.3. The van der Waals surface area contributed by atoms with Gasteiger partial charge in [-0.1, -0.05) is 53.2 Å². The number of aliphatic carboxylic acids is 1. The van der Waals surface area contributed by atoms with Crippen molar-refractivity contribution in [2.45, 2.75) is 125 Å². The Morgan fingerprint density at radius 2 is 1.47 bits per heavy atom. The molecule has 8 heteroatoms. The number of allylic oxidation sites excluding steroid dienone is 1. The average Bonchev–Trinajstić information content (AvgIpc) is 2.93. The standard InChI is InChI=1S/C35H54O8/c1-30(2)23-10-13-35(7)26(33(23,5)12-11-24(30)43-25(27(37)41-8)28(38)42-9)22(36)18-20-21-19-32(4,29(39)40)15-14-31(21,3)16-17-34(20,35)6/h18,21-26,36H,10-17,19H2,1-9H3,(H,39,40)/t21-,22?,23-,24-,26+,31+,32-,33-,34+,35+/m0/s1. The lowest BCUT2D eigenvalue weighted by atomic mass is 9.33. The van der Waals surface area contributed by atoms with E-state index in [9.17, 15) is 24.6 Å². The zero-order chi connectivity index (χ0) is 32.0. The maximum Gasteiger partial charge on any atom is 0.346 e. The summed E-state index contributed by atoms with van der Waals surface area (Å²) in [6, 6.07) is 0. The van der Waals surface area contributed by atoms with Crippen LogP contribution >= 0.6 is 0 Å². The fourth-order valence-electron chi connectivity index (χ4n) is 11.5. The second kappa shape index (κ2) is 10.3. The number of carbonyl (C=O) groups excluding carboxylic acids is 2. The van der Waals surface area contributed by atoms with E-state index in [-0.39, 0.29) is 50.9 Å². The van der Waals surface area contributed by atoms with Crippen molar-refractivity contribution in [2.75, 3.05) is 14.2 Å². The summed E-state index contributed by atoms with van der Waals surface area (Å²) in [4.78, 5) is 37.3. The molecule has 0 bridgehead atoms. The predicted octanol–water partition coefficient (Wildman–Crippen LogP) is 5.94. The second-order valence-corrected chi connectivity index (χ2v) is 16.6. The van der Waals surface area contributed by atoms with Crippen LogP contribution in [0.3, 0.4) is 0 Å². The minimum atomic E-state index is -1.43. The van der Waals surface area contributed by atoms with Crippen molar-refractivity contribution < 1.29 is 38.8 Å². The number of fused-ring (bicyclic) bond motifs is 7. The Labute approximate surface area is 257 Å².